The van der Waals surface area contributed by atoms with Gasteiger partial charge in [0.2, 0.25) is 5.91 Å². The van der Waals surface area contributed by atoms with Gasteiger partial charge in [0.25, 0.3) is 0 Å². The summed E-state index contributed by atoms with van der Waals surface area (Å²) in [6.45, 7) is 2.41. The number of methoxy groups -OCH3 is 1. The second-order valence-electron chi connectivity index (χ2n) is 4.32. The number of rotatable bonds is 2. The monoisotopic (exact) mass is 239 g/mol. The first-order chi connectivity index (χ1) is 8.20. The molecule has 1 unspecified atom stereocenters. The van der Waals surface area contributed by atoms with Crippen LogP contribution in [0.3, 0.4) is 0 Å². The molecule has 1 atom stereocenters. The van der Waals surface area contributed by atoms with Crippen molar-refractivity contribution in [2.24, 2.45) is 5.92 Å². The summed E-state index contributed by atoms with van der Waals surface area (Å²) in [7, 11) is 1.53. The molecule has 0 radical (unpaired) electrons. The maximum atomic E-state index is 12.2. The number of hydrogen-bond acceptors (Lipinski definition) is 4. The molecule has 5 nitrogen and oxygen atoms in total. The first kappa shape index (κ1) is 12.1. The molecule has 17 heavy (non-hydrogen) atoms. The summed E-state index contributed by atoms with van der Waals surface area (Å²) in [5.74, 6) is 0.359. The van der Waals surface area contributed by atoms with Crippen LogP contribution in [-0.4, -0.2) is 50.0 Å². The summed E-state index contributed by atoms with van der Waals surface area (Å²) in [6.07, 6.45) is 2.31. The molecule has 0 bridgehead atoms. The molecule has 1 fully saturated rings. The fourth-order valence-corrected chi connectivity index (χ4v) is 2.21. The number of carbonyl (C=O) groups is 2. The lowest BCUT2D eigenvalue weighted by Gasteiger charge is -2.31. The molecule has 0 saturated carbocycles. The highest BCUT2D eigenvalue weighted by Gasteiger charge is 2.31. The van der Waals surface area contributed by atoms with Gasteiger partial charge >= 0.3 is 0 Å². The van der Waals surface area contributed by atoms with Crippen molar-refractivity contribution in [2.45, 2.75) is 12.8 Å². The van der Waals surface area contributed by atoms with Gasteiger partial charge in [-0.05, 0) is 0 Å². The van der Waals surface area contributed by atoms with E-state index in [0.717, 1.165) is 0 Å². The van der Waals surface area contributed by atoms with Crippen molar-refractivity contribution in [3.63, 3.8) is 0 Å². The highest BCUT2D eigenvalue weighted by Crippen LogP contribution is 2.24. The van der Waals surface area contributed by atoms with Crippen molar-refractivity contribution in [1.82, 2.24) is 4.90 Å². The fourth-order valence-electron chi connectivity index (χ4n) is 2.21. The van der Waals surface area contributed by atoms with Gasteiger partial charge in [0.1, 0.15) is 0 Å². The van der Waals surface area contributed by atoms with E-state index < -0.39 is 0 Å². The van der Waals surface area contributed by atoms with E-state index in [1.54, 1.807) is 4.90 Å². The van der Waals surface area contributed by atoms with Crippen LogP contribution in [0.5, 0.6) is 0 Å². The van der Waals surface area contributed by atoms with Gasteiger partial charge in [-0.25, -0.2) is 0 Å². The van der Waals surface area contributed by atoms with Crippen LogP contribution in [0.4, 0.5) is 0 Å². The number of morpholine rings is 1. The van der Waals surface area contributed by atoms with E-state index in [0.29, 0.717) is 44.9 Å². The molecule has 1 aliphatic heterocycles. The third-order valence-corrected chi connectivity index (χ3v) is 3.15. The molecule has 2 aliphatic rings. The summed E-state index contributed by atoms with van der Waals surface area (Å²) >= 11 is 0. The van der Waals surface area contributed by atoms with Crippen LogP contribution in [-0.2, 0) is 19.1 Å². The minimum Gasteiger partial charge on any atom is -0.501 e. The van der Waals surface area contributed by atoms with Crippen molar-refractivity contribution in [3.05, 3.63) is 11.8 Å². The quantitative estimate of drug-likeness (QED) is 0.698. The standard InChI is InChI=1S/C12H17NO4/c1-16-11-7-9(6-10(14)8-11)12(15)13-2-4-17-5-3-13/h8-9H,2-7H2,1H3. The van der Waals surface area contributed by atoms with Crippen LogP contribution >= 0.6 is 0 Å². The fraction of sp³-hybridized carbons (Fsp3) is 0.667. The lowest BCUT2D eigenvalue weighted by molar-refractivity contribution is -0.141. The minimum atomic E-state index is -0.263. The highest BCUT2D eigenvalue weighted by molar-refractivity contribution is 5.95. The van der Waals surface area contributed by atoms with Crippen molar-refractivity contribution < 1.29 is 19.1 Å². The van der Waals surface area contributed by atoms with Gasteiger partial charge < -0.3 is 14.4 Å². The van der Waals surface area contributed by atoms with E-state index in [1.165, 1.54) is 13.2 Å². The second-order valence-corrected chi connectivity index (χ2v) is 4.32. The van der Waals surface area contributed by atoms with E-state index >= 15 is 0 Å². The van der Waals surface area contributed by atoms with Crippen molar-refractivity contribution in [2.75, 3.05) is 33.4 Å². The van der Waals surface area contributed by atoms with Gasteiger partial charge in [-0.3, -0.25) is 9.59 Å². The van der Waals surface area contributed by atoms with Gasteiger partial charge in [0.05, 0.1) is 32.0 Å². The van der Waals surface area contributed by atoms with Gasteiger partial charge in [-0.1, -0.05) is 0 Å². The van der Waals surface area contributed by atoms with E-state index in [4.69, 9.17) is 9.47 Å². The van der Waals surface area contributed by atoms with Gasteiger partial charge in [-0.2, -0.15) is 0 Å². The molecule has 1 amide bonds. The molecule has 1 saturated heterocycles. The Hall–Kier alpha value is -1.36. The van der Waals surface area contributed by atoms with E-state index in [1.807, 2.05) is 0 Å². The smallest absolute Gasteiger partial charge is 0.226 e. The summed E-state index contributed by atoms with van der Waals surface area (Å²) in [5.41, 5.74) is 0. The molecule has 1 heterocycles. The summed E-state index contributed by atoms with van der Waals surface area (Å²) < 4.78 is 10.3. The summed E-state index contributed by atoms with van der Waals surface area (Å²) in [6, 6.07) is 0. The average Bonchev–Trinajstić information content (AvgIpc) is 2.38. The molecular formula is C12H17NO4. The lowest BCUT2D eigenvalue weighted by Crippen LogP contribution is -2.44. The number of hydrogen-bond donors (Lipinski definition) is 0. The molecule has 0 spiro atoms. The highest BCUT2D eigenvalue weighted by atomic mass is 16.5. The van der Waals surface area contributed by atoms with Crippen LogP contribution in [0.25, 0.3) is 0 Å². The minimum absolute atomic E-state index is 0.0280. The van der Waals surface area contributed by atoms with Gasteiger partial charge in [0, 0.05) is 32.0 Å². The van der Waals surface area contributed by atoms with Crippen LogP contribution < -0.4 is 0 Å². The third kappa shape index (κ3) is 2.85. The van der Waals surface area contributed by atoms with E-state index in [2.05, 4.69) is 0 Å². The molecule has 94 valence electrons. The Balaban J connectivity index is 2.00. The van der Waals surface area contributed by atoms with Crippen molar-refractivity contribution in [1.29, 1.82) is 0 Å². The Morgan fingerprint density at radius 1 is 1.41 bits per heavy atom. The third-order valence-electron chi connectivity index (χ3n) is 3.15. The zero-order valence-corrected chi connectivity index (χ0v) is 9.98. The largest absolute Gasteiger partial charge is 0.501 e. The summed E-state index contributed by atoms with van der Waals surface area (Å²) in [4.78, 5) is 25.5. The lowest BCUT2D eigenvalue weighted by atomic mass is 9.91. The summed E-state index contributed by atoms with van der Waals surface area (Å²) in [5, 5.41) is 0. The van der Waals surface area contributed by atoms with Gasteiger partial charge in [-0.15, -0.1) is 0 Å². The Labute approximate surface area is 100 Å². The Bertz CT molecular complexity index is 344. The predicted molar refractivity (Wildman–Crippen MR) is 60.2 cm³/mol. The van der Waals surface area contributed by atoms with Gasteiger partial charge in [0.15, 0.2) is 5.78 Å². The van der Waals surface area contributed by atoms with Crippen LogP contribution in [0.15, 0.2) is 11.8 Å². The molecule has 0 aromatic carbocycles. The number of nitrogens with zero attached hydrogens (tertiary/aromatic N) is 1. The van der Waals surface area contributed by atoms with Crippen molar-refractivity contribution >= 4 is 11.7 Å². The predicted octanol–water partition coefficient (Wildman–Crippen LogP) is 0.355. The number of ketones is 1. The second kappa shape index (κ2) is 5.31. The Morgan fingerprint density at radius 3 is 2.76 bits per heavy atom. The molecule has 1 aliphatic carbocycles. The zero-order valence-electron chi connectivity index (χ0n) is 9.98. The molecule has 0 N–H and O–H groups in total. The van der Waals surface area contributed by atoms with E-state index in [9.17, 15) is 9.59 Å². The average molecular weight is 239 g/mol. The maximum Gasteiger partial charge on any atom is 0.226 e. The Kier molecular flexibility index (Phi) is 3.78. The SMILES string of the molecule is COC1=CC(=O)CC(C(=O)N2CCOCC2)C1. The van der Waals surface area contributed by atoms with E-state index in [-0.39, 0.29) is 17.6 Å². The molecule has 0 aromatic rings. The maximum absolute atomic E-state index is 12.2. The van der Waals surface area contributed by atoms with Crippen LogP contribution in [0.1, 0.15) is 12.8 Å². The topological polar surface area (TPSA) is 55.8 Å². The molecule has 5 heteroatoms. The molecule has 2 rings (SSSR count). The number of allylic oxidation sites excluding steroid dienone is 2. The first-order valence-electron chi connectivity index (χ1n) is 5.84. The molecule has 0 aromatic heterocycles. The number of carbonyl (C=O) groups excluding carboxylic acids is 2. The number of amides is 1. The van der Waals surface area contributed by atoms with Crippen LogP contribution in [0.2, 0.25) is 0 Å². The van der Waals surface area contributed by atoms with Crippen LogP contribution in [0, 0.1) is 5.92 Å². The number of ether oxygens (including phenoxy) is 2. The normalized spacial score (nSPS) is 25.5. The Morgan fingerprint density at radius 2 is 2.12 bits per heavy atom. The van der Waals surface area contributed by atoms with Crippen molar-refractivity contribution in [3.8, 4) is 0 Å². The first-order valence-corrected chi connectivity index (χ1v) is 5.84. The molecular weight excluding hydrogens is 222 g/mol. The zero-order chi connectivity index (χ0) is 12.3.